The number of nitrogens with two attached hydrogens (primary N) is 1. The van der Waals surface area contributed by atoms with Crippen LogP contribution in [-0.2, 0) is 16.8 Å². The Hall–Kier alpha value is -1.44. The van der Waals surface area contributed by atoms with Crippen LogP contribution >= 0.6 is 0 Å². The van der Waals surface area contributed by atoms with Crippen LogP contribution in [-0.4, -0.2) is 19.8 Å². The van der Waals surface area contributed by atoms with Crippen molar-refractivity contribution in [2.45, 2.75) is 32.9 Å². The number of hydrogen-bond donors (Lipinski definition) is 4. The Morgan fingerprint density at radius 3 is 2.53 bits per heavy atom. The van der Waals surface area contributed by atoms with E-state index in [9.17, 15) is 8.42 Å². The second kappa shape index (κ2) is 5.68. The predicted molar refractivity (Wildman–Crippen MR) is 76.1 cm³/mol. The molecule has 6 nitrogen and oxygen atoms in total. The third-order valence-corrected chi connectivity index (χ3v) is 3.55. The molecule has 106 valence electrons. The van der Waals surface area contributed by atoms with Crippen molar-refractivity contribution in [3.63, 3.8) is 0 Å². The first-order chi connectivity index (χ1) is 8.59. The van der Waals surface area contributed by atoms with Gasteiger partial charge in [-0.2, -0.15) is 17.9 Å². The summed E-state index contributed by atoms with van der Waals surface area (Å²) in [7, 11) is -3.56. The third-order valence-electron chi connectivity index (χ3n) is 2.14. The van der Waals surface area contributed by atoms with Crippen molar-refractivity contribution in [2.75, 3.05) is 0 Å². The Morgan fingerprint density at radius 2 is 2.00 bits per heavy atom. The van der Waals surface area contributed by atoms with Gasteiger partial charge in [-0.3, -0.25) is 5.41 Å². The van der Waals surface area contributed by atoms with Crippen molar-refractivity contribution in [1.29, 1.82) is 5.41 Å². The summed E-state index contributed by atoms with van der Waals surface area (Å²) in [5, 5.41) is 7.33. The highest BCUT2D eigenvalue weighted by Gasteiger charge is 2.19. The van der Waals surface area contributed by atoms with Crippen LogP contribution in [0.15, 0.2) is 24.3 Å². The maximum absolute atomic E-state index is 11.7. The van der Waals surface area contributed by atoms with E-state index in [1.807, 2.05) is 0 Å². The van der Waals surface area contributed by atoms with Gasteiger partial charge in [-0.15, -0.1) is 0 Å². The summed E-state index contributed by atoms with van der Waals surface area (Å²) in [5.74, 6) is -0.0440. The van der Waals surface area contributed by atoms with Crippen LogP contribution in [0.2, 0.25) is 0 Å². The van der Waals surface area contributed by atoms with Crippen LogP contribution in [0.1, 0.15) is 31.9 Å². The molecule has 19 heavy (non-hydrogen) atoms. The summed E-state index contributed by atoms with van der Waals surface area (Å²) in [6, 6.07) is 6.89. The second-order valence-electron chi connectivity index (χ2n) is 5.29. The molecule has 0 fully saturated rings. The first kappa shape index (κ1) is 15.6. The van der Waals surface area contributed by atoms with Crippen molar-refractivity contribution >= 4 is 16.0 Å². The molecule has 0 radical (unpaired) electrons. The van der Waals surface area contributed by atoms with E-state index in [2.05, 4.69) is 9.44 Å². The lowest BCUT2D eigenvalue weighted by Gasteiger charge is -2.20. The van der Waals surface area contributed by atoms with Gasteiger partial charge in [0.2, 0.25) is 0 Å². The molecule has 0 heterocycles. The molecule has 0 saturated heterocycles. The maximum Gasteiger partial charge on any atom is 0.277 e. The Bertz CT molecular complexity index is 561. The predicted octanol–water partition coefficient (Wildman–Crippen LogP) is 0.693. The smallest absolute Gasteiger partial charge is 0.277 e. The van der Waals surface area contributed by atoms with Crippen molar-refractivity contribution in [2.24, 2.45) is 5.73 Å². The van der Waals surface area contributed by atoms with Gasteiger partial charge < -0.3 is 5.73 Å². The molecule has 0 spiro atoms. The number of benzene rings is 1. The SMILES string of the molecule is CC(C)(C)NS(=O)(=O)NCc1cccc(C(=N)N)c1. The largest absolute Gasteiger partial charge is 0.384 e. The molecule has 0 amide bonds. The molecule has 0 unspecified atom stereocenters. The monoisotopic (exact) mass is 284 g/mol. The van der Waals surface area contributed by atoms with E-state index < -0.39 is 15.7 Å². The summed E-state index contributed by atoms with van der Waals surface area (Å²) in [6.07, 6.45) is 0. The number of hydrogen-bond acceptors (Lipinski definition) is 3. The van der Waals surface area contributed by atoms with Gasteiger partial charge in [-0.1, -0.05) is 18.2 Å². The molecule has 0 saturated carbocycles. The molecule has 0 atom stereocenters. The Kier molecular flexibility index (Phi) is 4.67. The van der Waals surface area contributed by atoms with E-state index in [0.29, 0.717) is 5.56 Å². The van der Waals surface area contributed by atoms with Crippen molar-refractivity contribution in [3.8, 4) is 0 Å². The molecule has 5 N–H and O–H groups in total. The molecule has 0 bridgehead atoms. The van der Waals surface area contributed by atoms with Crippen molar-refractivity contribution in [3.05, 3.63) is 35.4 Å². The second-order valence-corrected chi connectivity index (χ2v) is 6.79. The molecule has 0 aliphatic carbocycles. The van der Waals surface area contributed by atoms with Gasteiger partial charge in [-0.05, 0) is 32.4 Å². The summed E-state index contributed by atoms with van der Waals surface area (Å²) in [5.41, 5.74) is 6.16. The van der Waals surface area contributed by atoms with E-state index in [0.717, 1.165) is 5.56 Å². The molecule has 0 aliphatic heterocycles. The Balaban J connectivity index is 2.72. The van der Waals surface area contributed by atoms with Crippen LogP contribution < -0.4 is 15.2 Å². The first-order valence-electron chi connectivity index (χ1n) is 5.81. The highest BCUT2D eigenvalue weighted by Crippen LogP contribution is 2.06. The first-order valence-corrected chi connectivity index (χ1v) is 7.29. The highest BCUT2D eigenvalue weighted by atomic mass is 32.2. The molecular formula is C12H20N4O2S. The number of nitrogens with one attached hydrogen (secondary N) is 3. The maximum atomic E-state index is 11.7. The molecular weight excluding hydrogens is 264 g/mol. The zero-order valence-corrected chi connectivity index (χ0v) is 12.1. The molecule has 1 aromatic rings. The van der Waals surface area contributed by atoms with E-state index >= 15 is 0 Å². The third kappa shape index (κ3) is 5.82. The average molecular weight is 284 g/mol. The minimum atomic E-state index is -3.56. The van der Waals surface area contributed by atoms with Crippen LogP contribution in [0.5, 0.6) is 0 Å². The summed E-state index contributed by atoms with van der Waals surface area (Å²) in [6.45, 7) is 5.44. The van der Waals surface area contributed by atoms with Crippen LogP contribution in [0.3, 0.4) is 0 Å². The summed E-state index contributed by atoms with van der Waals surface area (Å²) < 4.78 is 28.4. The average Bonchev–Trinajstić information content (AvgIpc) is 2.24. The van der Waals surface area contributed by atoms with Gasteiger partial charge in [-0.25, -0.2) is 0 Å². The molecule has 0 aliphatic rings. The van der Waals surface area contributed by atoms with E-state index in [1.54, 1.807) is 45.0 Å². The van der Waals surface area contributed by atoms with Gasteiger partial charge in [0.1, 0.15) is 5.84 Å². The standard InChI is InChI=1S/C12H20N4O2S/c1-12(2,3)16-19(17,18)15-8-9-5-4-6-10(7-9)11(13)14/h4-7,15-16H,8H2,1-3H3,(H3,13,14). The summed E-state index contributed by atoms with van der Waals surface area (Å²) >= 11 is 0. The lowest BCUT2D eigenvalue weighted by atomic mass is 10.1. The normalized spacial score (nSPS) is 12.4. The number of amidine groups is 1. The number of nitrogen functional groups attached to an aromatic ring is 1. The van der Waals surface area contributed by atoms with Crippen LogP contribution in [0.25, 0.3) is 0 Å². The van der Waals surface area contributed by atoms with Gasteiger partial charge in [0.25, 0.3) is 10.2 Å². The lowest BCUT2D eigenvalue weighted by Crippen LogP contribution is -2.46. The molecule has 1 rings (SSSR count). The van der Waals surface area contributed by atoms with E-state index in [4.69, 9.17) is 11.1 Å². The van der Waals surface area contributed by atoms with Gasteiger partial charge in [0.05, 0.1) is 0 Å². The van der Waals surface area contributed by atoms with E-state index in [-0.39, 0.29) is 12.4 Å². The quantitative estimate of drug-likeness (QED) is 0.472. The zero-order valence-electron chi connectivity index (χ0n) is 11.3. The van der Waals surface area contributed by atoms with E-state index in [1.165, 1.54) is 0 Å². The van der Waals surface area contributed by atoms with Gasteiger partial charge in [0, 0.05) is 17.6 Å². The van der Waals surface area contributed by atoms with Crippen LogP contribution in [0.4, 0.5) is 0 Å². The number of rotatable bonds is 5. The fraction of sp³-hybridized carbons (Fsp3) is 0.417. The zero-order chi connectivity index (χ0) is 14.7. The van der Waals surface area contributed by atoms with Gasteiger partial charge >= 0.3 is 0 Å². The minimum absolute atomic E-state index is 0.0440. The fourth-order valence-electron chi connectivity index (χ4n) is 1.47. The topological polar surface area (TPSA) is 108 Å². The summed E-state index contributed by atoms with van der Waals surface area (Å²) in [4.78, 5) is 0. The van der Waals surface area contributed by atoms with Gasteiger partial charge in [0.15, 0.2) is 0 Å². The van der Waals surface area contributed by atoms with Crippen molar-refractivity contribution in [1.82, 2.24) is 9.44 Å². The lowest BCUT2D eigenvalue weighted by molar-refractivity contribution is 0.483. The molecule has 1 aromatic carbocycles. The minimum Gasteiger partial charge on any atom is -0.384 e. The highest BCUT2D eigenvalue weighted by molar-refractivity contribution is 7.87. The Morgan fingerprint density at radius 1 is 1.37 bits per heavy atom. The van der Waals surface area contributed by atoms with Crippen LogP contribution in [0, 0.1) is 5.41 Å². The van der Waals surface area contributed by atoms with Crippen molar-refractivity contribution < 1.29 is 8.42 Å². The fourth-order valence-corrected chi connectivity index (χ4v) is 2.70. The Labute approximate surface area is 114 Å². The molecule has 0 aromatic heterocycles. The molecule has 7 heteroatoms.